The third-order valence-electron chi connectivity index (χ3n) is 7.26. The van der Waals surface area contributed by atoms with Crippen molar-refractivity contribution >= 4 is 41.3 Å². The van der Waals surface area contributed by atoms with Crippen molar-refractivity contribution in [1.29, 1.82) is 0 Å². The average molecular weight is 645 g/mol. The molecular weight excluding hydrogens is 596 g/mol. The first-order valence-corrected chi connectivity index (χ1v) is 15.6. The number of unbranched alkanes of at least 4 members (excludes halogenated alkanes) is 2. The van der Waals surface area contributed by atoms with Crippen LogP contribution in [0, 0.1) is 11.8 Å². The highest BCUT2D eigenvalue weighted by Crippen LogP contribution is 2.14. The van der Waals surface area contributed by atoms with E-state index in [0.717, 1.165) is 5.56 Å². The van der Waals surface area contributed by atoms with Crippen molar-refractivity contribution in [3.63, 3.8) is 0 Å². The Morgan fingerprint density at radius 1 is 0.957 bits per heavy atom. The zero-order valence-corrected chi connectivity index (χ0v) is 27.0. The van der Waals surface area contributed by atoms with Crippen LogP contribution in [-0.4, -0.2) is 77.0 Å². The molecule has 1 aliphatic heterocycles. The second-order valence-electron chi connectivity index (χ2n) is 11.8. The number of benzene rings is 1. The molecule has 1 aromatic carbocycles. The molecule has 14 nitrogen and oxygen atoms in total. The van der Waals surface area contributed by atoms with Gasteiger partial charge in [0.2, 0.25) is 23.6 Å². The largest absolute Gasteiger partial charge is 0.461 e. The molecular formula is C32H48N6O8. The van der Waals surface area contributed by atoms with Crippen LogP contribution in [0.25, 0.3) is 0 Å². The third-order valence-corrected chi connectivity index (χ3v) is 7.26. The Kier molecular flexibility index (Phi) is 15.7. The Hall–Kier alpha value is -4.46. The quantitative estimate of drug-likeness (QED) is 0.0962. The van der Waals surface area contributed by atoms with Gasteiger partial charge in [-0.3, -0.25) is 24.0 Å². The number of nitrogens with one attached hydrogen (secondary N) is 4. The van der Waals surface area contributed by atoms with Gasteiger partial charge in [0.25, 0.3) is 0 Å². The van der Waals surface area contributed by atoms with E-state index in [2.05, 4.69) is 21.3 Å². The number of anilines is 1. The number of aliphatic hydroxyl groups is 1. The van der Waals surface area contributed by atoms with Crippen molar-refractivity contribution in [1.82, 2.24) is 20.9 Å². The van der Waals surface area contributed by atoms with Crippen molar-refractivity contribution in [3.8, 4) is 0 Å². The van der Waals surface area contributed by atoms with Crippen LogP contribution < -0.4 is 27.0 Å². The lowest BCUT2D eigenvalue weighted by Gasteiger charge is -2.25. The summed E-state index contributed by atoms with van der Waals surface area (Å²) in [6, 6.07) is 4.15. The minimum absolute atomic E-state index is 0.0978. The summed E-state index contributed by atoms with van der Waals surface area (Å²) < 4.78 is 5.23. The van der Waals surface area contributed by atoms with Gasteiger partial charge in [-0.15, -0.1) is 0 Å². The molecule has 0 bridgehead atoms. The standard InChI is InChI=1S/C32H48N6O8/c1-20(2)28(37-25(39)10-6-5-7-18-38-26(40)15-16-27(38)41)30(43)36-24(9-8-17-34-32(33)45)29(42)35-23-13-11-22(12-14-23)19-46-31(44)21(3)4/h11-16,20-21,24,26,28,40H,5-10,17-19H2,1-4H3,(H,35,42)(H,36,43)(H,37,39)(H3,33,34,45)/t24-,26?,28-/m0/s1. The molecule has 2 rings (SSSR count). The van der Waals surface area contributed by atoms with Gasteiger partial charge in [-0.25, -0.2) is 4.79 Å². The van der Waals surface area contributed by atoms with E-state index in [1.165, 1.54) is 17.1 Å². The Labute approximate surface area is 269 Å². The van der Waals surface area contributed by atoms with Gasteiger partial charge < -0.3 is 41.7 Å². The SMILES string of the molecule is CC(C)C(=O)OCc1ccc(NC(=O)[C@H](CCCNC(N)=O)NC(=O)[C@@H](NC(=O)CCCCCN2C(=O)C=CC2O)C(C)C)cc1. The van der Waals surface area contributed by atoms with Crippen molar-refractivity contribution in [2.24, 2.45) is 17.6 Å². The van der Waals surface area contributed by atoms with Gasteiger partial charge in [0, 0.05) is 31.3 Å². The molecule has 6 amide bonds. The van der Waals surface area contributed by atoms with E-state index in [1.54, 1.807) is 52.0 Å². The topological polar surface area (TPSA) is 209 Å². The van der Waals surface area contributed by atoms with Gasteiger partial charge in [-0.2, -0.15) is 0 Å². The molecule has 46 heavy (non-hydrogen) atoms. The molecule has 0 aromatic heterocycles. The maximum absolute atomic E-state index is 13.3. The maximum Gasteiger partial charge on any atom is 0.312 e. The predicted molar refractivity (Wildman–Crippen MR) is 171 cm³/mol. The number of nitrogens with two attached hydrogens (primary N) is 1. The Morgan fingerprint density at radius 3 is 2.24 bits per heavy atom. The predicted octanol–water partition coefficient (Wildman–Crippen LogP) is 1.68. The molecule has 0 saturated carbocycles. The lowest BCUT2D eigenvalue weighted by Crippen LogP contribution is -2.54. The first kappa shape index (κ1) is 37.7. The molecule has 1 aliphatic rings. The fraction of sp³-hybridized carbons (Fsp3) is 0.562. The molecule has 14 heteroatoms. The first-order valence-electron chi connectivity index (χ1n) is 15.6. The summed E-state index contributed by atoms with van der Waals surface area (Å²) in [5, 5.41) is 20.5. The van der Waals surface area contributed by atoms with Gasteiger partial charge >= 0.3 is 12.0 Å². The lowest BCUT2D eigenvalue weighted by atomic mass is 10.0. The summed E-state index contributed by atoms with van der Waals surface area (Å²) in [6.45, 7) is 7.72. The fourth-order valence-corrected chi connectivity index (χ4v) is 4.55. The number of carbonyl (C=O) groups is 6. The molecule has 0 aliphatic carbocycles. The van der Waals surface area contributed by atoms with Crippen LogP contribution in [0.4, 0.5) is 10.5 Å². The van der Waals surface area contributed by atoms with Gasteiger partial charge in [0.15, 0.2) is 0 Å². The smallest absolute Gasteiger partial charge is 0.312 e. The highest BCUT2D eigenvalue weighted by molar-refractivity contribution is 5.98. The molecule has 1 aromatic rings. The van der Waals surface area contributed by atoms with Crippen LogP contribution in [0.3, 0.4) is 0 Å². The van der Waals surface area contributed by atoms with Crippen molar-refractivity contribution in [2.45, 2.75) is 91.1 Å². The molecule has 1 unspecified atom stereocenters. The van der Waals surface area contributed by atoms with Gasteiger partial charge in [0.05, 0.1) is 5.92 Å². The summed E-state index contributed by atoms with van der Waals surface area (Å²) in [4.78, 5) is 75.1. The number of nitrogens with zero attached hydrogens (tertiary/aromatic N) is 1. The number of ether oxygens (including phenoxy) is 1. The number of hydrogen-bond donors (Lipinski definition) is 6. The number of aliphatic hydroxyl groups excluding tert-OH is 1. The van der Waals surface area contributed by atoms with Crippen LogP contribution in [0.15, 0.2) is 36.4 Å². The highest BCUT2D eigenvalue weighted by Gasteiger charge is 2.29. The molecule has 0 saturated heterocycles. The molecule has 1 heterocycles. The van der Waals surface area contributed by atoms with Gasteiger partial charge in [0.1, 0.15) is 24.9 Å². The van der Waals surface area contributed by atoms with Crippen molar-refractivity contribution < 1.29 is 38.6 Å². The van der Waals surface area contributed by atoms with Crippen LogP contribution in [0.5, 0.6) is 0 Å². The number of carbonyl (C=O) groups excluding carboxylic acids is 6. The van der Waals surface area contributed by atoms with Crippen LogP contribution in [0.1, 0.15) is 71.8 Å². The van der Waals surface area contributed by atoms with Crippen LogP contribution >= 0.6 is 0 Å². The van der Waals surface area contributed by atoms with Crippen LogP contribution in [-0.2, 0) is 35.3 Å². The number of hydrogen-bond acceptors (Lipinski definition) is 8. The average Bonchev–Trinajstić information content (AvgIpc) is 3.32. The molecule has 0 fully saturated rings. The normalized spacial score (nSPS) is 15.4. The van der Waals surface area contributed by atoms with E-state index in [4.69, 9.17) is 10.5 Å². The minimum atomic E-state index is -0.981. The van der Waals surface area contributed by atoms with E-state index in [0.29, 0.717) is 37.9 Å². The zero-order chi connectivity index (χ0) is 34.2. The Balaban J connectivity index is 1.94. The lowest BCUT2D eigenvalue weighted by molar-refractivity contribution is -0.148. The van der Waals surface area contributed by atoms with E-state index in [1.807, 2.05) is 0 Å². The maximum atomic E-state index is 13.3. The van der Waals surface area contributed by atoms with Crippen molar-refractivity contribution in [2.75, 3.05) is 18.4 Å². The second kappa shape index (κ2) is 19.1. The summed E-state index contributed by atoms with van der Waals surface area (Å²) in [7, 11) is 0. The second-order valence-corrected chi connectivity index (χ2v) is 11.8. The number of urea groups is 1. The van der Waals surface area contributed by atoms with E-state index in [9.17, 15) is 33.9 Å². The molecule has 0 spiro atoms. The fourth-order valence-electron chi connectivity index (χ4n) is 4.55. The molecule has 7 N–H and O–H groups in total. The Bertz CT molecular complexity index is 1230. The van der Waals surface area contributed by atoms with E-state index in [-0.39, 0.29) is 55.6 Å². The third kappa shape index (κ3) is 13.3. The molecule has 3 atom stereocenters. The Morgan fingerprint density at radius 2 is 1.65 bits per heavy atom. The number of primary amides is 1. The van der Waals surface area contributed by atoms with E-state index >= 15 is 0 Å². The highest BCUT2D eigenvalue weighted by atomic mass is 16.5. The number of amides is 6. The molecule has 254 valence electrons. The summed E-state index contributed by atoms with van der Waals surface area (Å²) in [5.41, 5.74) is 6.34. The summed E-state index contributed by atoms with van der Waals surface area (Å²) >= 11 is 0. The monoisotopic (exact) mass is 644 g/mol. The van der Waals surface area contributed by atoms with E-state index < -0.39 is 36.2 Å². The number of rotatable bonds is 19. The number of esters is 1. The first-order chi connectivity index (χ1) is 21.8. The summed E-state index contributed by atoms with van der Waals surface area (Å²) in [5.74, 6) is -2.42. The minimum Gasteiger partial charge on any atom is -0.461 e. The zero-order valence-electron chi connectivity index (χ0n) is 27.0. The molecule has 0 radical (unpaired) electrons. The van der Waals surface area contributed by atoms with Crippen LogP contribution in [0.2, 0.25) is 0 Å². The van der Waals surface area contributed by atoms with Crippen molar-refractivity contribution in [3.05, 3.63) is 42.0 Å². The summed E-state index contributed by atoms with van der Waals surface area (Å²) in [6.07, 6.45) is 4.32. The van der Waals surface area contributed by atoms with Gasteiger partial charge in [-0.1, -0.05) is 46.2 Å². The van der Waals surface area contributed by atoms with Gasteiger partial charge in [-0.05, 0) is 55.4 Å².